The Hall–Kier alpha value is -3.48. The molecule has 2 aromatic carbocycles. The average molecular weight is 336 g/mol. The van der Waals surface area contributed by atoms with Crippen molar-refractivity contribution in [2.75, 3.05) is 0 Å². The maximum atomic E-state index is 12.3. The third-order valence-corrected chi connectivity index (χ3v) is 3.59. The Bertz CT molecular complexity index is 846. The van der Waals surface area contributed by atoms with Gasteiger partial charge in [-0.2, -0.15) is 5.10 Å². The summed E-state index contributed by atoms with van der Waals surface area (Å²) < 4.78 is 6.96. The maximum absolute atomic E-state index is 12.3. The number of amides is 1. The van der Waals surface area contributed by atoms with Crippen LogP contribution in [0.2, 0.25) is 0 Å². The number of carbonyl (C=O) groups is 2. The van der Waals surface area contributed by atoms with E-state index in [1.54, 1.807) is 65.6 Å². The molecule has 7 nitrogen and oxygen atoms in total. The lowest BCUT2D eigenvalue weighted by Gasteiger charge is -2.15. The smallest absolute Gasteiger partial charge is 0.339 e. The molecule has 0 aliphatic carbocycles. The zero-order valence-corrected chi connectivity index (χ0v) is 13.3. The Balaban J connectivity index is 1.70. The molecule has 0 aliphatic rings. The third-order valence-electron chi connectivity index (χ3n) is 3.59. The van der Waals surface area contributed by atoms with Gasteiger partial charge in [-0.25, -0.2) is 14.5 Å². The number of esters is 1. The molecule has 2 N–H and O–H groups in total. The molecule has 0 radical (unpaired) electrons. The Kier molecular flexibility index (Phi) is 4.84. The first-order valence-electron chi connectivity index (χ1n) is 7.60. The number of carbonyl (C=O) groups excluding carboxylic acids is 2. The quantitative estimate of drug-likeness (QED) is 0.691. The second-order valence-electron chi connectivity index (χ2n) is 5.39. The summed E-state index contributed by atoms with van der Waals surface area (Å²) in [5, 5.41) is 4.02. The molecule has 0 unspecified atom stereocenters. The molecule has 1 heterocycles. The monoisotopic (exact) mass is 336 g/mol. The Morgan fingerprint density at radius 3 is 2.40 bits per heavy atom. The van der Waals surface area contributed by atoms with E-state index in [0.29, 0.717) is 17.7 Å². The molecule has 126 valence electrons. The summed E-state index contributed by atoms with van der Waals surface area (Å²) in [7, 11) is 0. The molecular formula is C18H16N4O3. The Morgan fingerprint density at radius 1 is 1.08 bits per heavy atom. The van der Waals surface area contributed by atoms with Crippen LogP contribution in [0.1, 0.15) is 27.6 Å². The van der Waals surface area contributed by atoms with E-state index in [4.69, 9.17) is 10.5 Å². The lowest BCUT2D eigenvalue weighted by atomic mass is 10.1. The van der Waals surface area contributed by atoms with Gasteiger partial charge in [-0.15, -0.1) is 0 Å². The Morgan fingerprint density at radius 2 is 1.80 bits per heavy atom. The fourth-order valence-corrected chi connectivity index (χ4v) is 2.34. The highest BCUT2D eigenvalue weighted by molar-refractivity contribution is 5.92. The number of aromatic nitrogens is 3. The number of benzene rings is 2. The van der Waals surface area contributed by atoms with E-state index < -0.39 is 18.0 Å². The third kappa shape index (κ3) is 4.08. The van der Waals surface area contributed by atoms with E-state index >= 15 is 0 Å². The molecule has 0 bridgehead atoms. The number of rotatable bonds is 6. The summed E-state index contributed by atoms with van der Waals surface area (Å²) in [5.74, 6) is -1.33. The van der Waals surface area contributed by atoms with Crippen molar-refractivity contribution in [3.05, 3.63) is 83.9 Å². The van der Waals surface area contributed by atoms with Crippen molar-refractivity contribution in [2.24, 2.45) is 5.73 Å². The van der Waals surface area contributed by atoms with Crippen molar-refractivity contribution in [3.63, 3.8) is 0 Å². The standard InChI is InChI=1S/C18H16N4O3/c19-17(23)16(14-4-2-1-3-5-14)25-18(24)15-8-6-13(7-9-15)10-22-12-20-11-21-22/h1-9,11-12,16H,10H2,(H2,19,23)/t16-/m0/s1. The normalized spacial score (nSPS) is 11.7. The number of nitrogens with zero attached hydrogens (tertiary/aromatic N) is 3. The number of hydrogen-bond donors (Lipinski definition) is 1. The van der Waals surface area contributed by atoms with Gasteiger partial charge in [-0.05, 0) is 17.7 Å². The van der Waals surface area contributed by atoms with E-state index in [2.05, 4.69) is 10.1 Å². The summed E-state index contributed by atoms with van der Waals surface area (Å²) >= 11 is 0. The van der Waals surface area contributed by atoms with Crippen molar-refractivity contribution < 1.29 is 14.3 Å². The molecule has 0 spiro atoms. The first kappa shape index (κ1) is 16.4. The van der Waals surface area contributed by atoms with E-state index in [9.17, 15) is 9.59 Å². The van der Waals surface area contributed by atoms with Gasteiger partial charge in [0.15, 0.2) is 0 Å². The summed E-state index contributed by atoms with van der Waals surface area (Å²) in [6.07, 6.45) is 1.95. The fraction of sp³-hybridized carbons (Fsp3) is 0.111. The molecule has 7 heteroatoms. The highest BCUT2D eigenvalue weighted by Crippen LogP contribution is 2.19. The topological polar surface area (TPSA) is 100 Å². The van der Waals surface area contributed by atoms with Gasteiger partial charge in [-0.1, -0.05) is 42.5 Å². The zero-order valence-electron chi connectivity index (χ0n) is 13.3. The van der Waals surface area contributed by atoms with Gasteiger partial charge in [0.05, 0.1) is 12.1 Å². The molecule has 0 saturated carbocycles. The van der Waals surface area contributed by atoms with Crippen molar-refractivity contribution in [1.29, 1.82) is 0 Å². The van der Waals surface area contributed by atoms with Crippen LogP contribution in [0.15, 0.2) is 67.3 Å². The summed E-state index contributed by atoms with van der Waals surface area (Å²) in [6, 6.07) is 15.5. The van der Waals surface area contributed by atoms with Gasteiger partial charge in [-0.3, -0.25) is 4.79 Å². The summed E-state index contributed by atoms with van der Waals surface area (Å²) in [4.78, 5) is 27.8. The molecule has 3 aromatic rings. The van der Waals surface area contributed by atoms with Crippen molar-refractivity contribution in [2.45, 2.75) is 12.6 Å². The second kappa shape index (κ2) is 7.39. The fourth-order valence-electron chi connectivity index (χ4n) is 2.34. The van der Waals surface area contributed by atoms with Gasteiger partial charge in [0.25, 0.3) is 5.91 Å². The SMILES string of the molecule is NC(=O)[C@@H](OC(=O)c1ccc(Cn2cncn2)cc1)c1ccccc1. The van der Waals surface area contributed by atoms with Crippen LogP contribution in [0.5, 0.6) is 0 Å². The number of hydrogen-bond acceptors (Lipinski definition) is 5. The van der Waals surface area contributed by atoms with E-state index in [0.717, 1.165) is 5.56 Å². The molecular weight excluding hydrogens is 320 g/mol. The average Bonchev–Trinajstić information content (AvgIpc) is 3.13. The molecule has 0 fully saturated rings. The highest BCUT2D eigenvalue weighted by atomic mass is 16.5. The number of primary amides is 1. The molecule has 3 rings (SSSR count). The molecule has 1 aromatic heterocycles. The van der Waals surface area contributed by atoms with Crippen LogP contribution < -0.4 is 5.73 Å². The molecule has 1 amide bonds. The molecule has 0 aliphatic heterocycles. The van der Waals surface area contributed by atoms with Crippen LogP contribution >= 0.6 is 0 Å². The van der Waals surface area contributed by atoms with Gasteiger partial charge in [0.1, 0.15) is 12.7 Å². The molecule has 0 saturated heterocycles. The van der Waals surface area contributed by atoms with Crippen molar-refractivity contribution >= 4 is 11.9 Å². The van der Waals surface area contributed by atoms with Crippen molar-refractivity contribution in [3.8, 4) is 0 Å². The minimum atomic E-state index is -1.12. The first-order chi connectivity index (χ1) is 12.1. The lowest BCUT2D eigenvalue weighted by Crippen LogP contribution is -2.26. The predicted octanol–water partition coefficient (Wildman–Crippen LogP) is 1.71. The van der Waals surface area contributed by atoms with Crippen LogP contribution in [-0.4, -0.2) is 26.6 Å². The minimum Gasteiger partial charge on any atom is -0.444 e. The summed E-state index contributed by atoms with van der Waals surface area (Å²) in [5.41, 5.74) is 7.19. The largest absolute Gasteiger partial charge is 0.444 e. The highest BCUT2D eigenvalue weighted by Gasteiger charge is 2.23. The predicted molar refractivity (Wildman–Crippen MR) is 89.4 cm³/mol. The van der Waals surface area contributed by atoms with Crippen LogP contribution in [0.3, 0.4) is 0 Å². The Labute approximate surface area is 144 Å². The van der Waals surface area contributed by atoms with Crippen LogP contribution in [-0.2, 0) is 16.1 Å². The van der Waals surface area contributed by atoms with E-state index in [-0.39, 0.29) is 0 Å². The number of nitrogens with two attached hydrogens (primary N) is 1. The second-order valence-corrected chi connectivity index (χ2v) is 5.39. The van der Waals surface area contributed by atoms with Gasteiger partial charge in [0, 0.05) is 5.56 Å². The zero-order chi connectivity index (χ0) is 17.6. The molecule has 25 heavy (non-hydrogen) atoms. The van der Waals surface area contributed by atoms with Crippen molar-refractivity contribution in [1.82, 2.24) is 14.8 Å². The van der Waals surface area contributed by atoms with Crippen LogP contribution in [0.25, 0.3) is 0 Å². The lowest BCUT2D eigenvalue weighted by molar-refractivity contribution is -0.127. The molecule has 1 atom stereocenters. The van der Waals surface area contributed by atoms with E-state index in [1.165, 1.54) is 6.33 Å². The maximum Gasteiger partial charge on any atom is 0.339 e. The summed E-state index contributed by atoms with van der Waals surface area (Å²) in [6.45, 7) is 0.545. The first-order valence-corrected chi connectivity index (χ1v) is 7.60. The van der Waals surface area contributed by atoms with Gasteiger partial charge < -0.3 is 10.5 Å². The van der Waals surface area contributed by atoms with Crippen LogP contribution in [0.4, 0.5) is 0 Å². The van der Waals surface area contributed by atoms with Gasteiger partial charge in [0.2, 0.25) is 6.10 Å². The number of ether oxygens (including phenoxy) is 1. The van der Waals surface area contributed by atoms with Crippen LogP contribution in [0, 0.1) is 0 Å². The van der Waals surface area contributed by atoms with E-state index in [1.807, 2.05) is 0 Å². The minimum absolute atomic E-state index is 0.338. The van der Waals surface area contributed by atoms with Gasteiger partial charge >= 0.3 is 5.97 Å².